The van der Waals surface area contributed by atoms with Crippen LogP contribution in [0.3, 0.4) is 0 Å². The zero-order valence-electron chi connectivity index (χ0n) is 17.7. The smallest absolute Gasteiger partial charge is 0.409 e. The van der Waals surface area contributed by atoms with Crippen molar-refractivity contribution in [2.24, 2.45) is 0 Å². The number of anilines is 1. The number of benzene rings is 2. The van der Waals surface area contributed by atoms with Gasteiger partial charge in [0.25, 0.3) is 15.9 Å². The van der Waals surface area contributed by atoms with E-state index in [0.29, 0.717) is 38.2 Å². The predicted octanol–water partition coefficient (Wildman–Crippen LogP) is 2.86. The van der Waals surface area contributed by atoms with Crippen molar-refractivity contribution in [2.45, 2.75) is 30.7 Å². The molecule has 2 amide bonds. The fraction of sp³-hybridized carbons (Fsp3) is 0.364. The first-order valence-electron chi connectivity index (χ1n) is 10.2. The van der Waals surface area contributed by atoms with Gasteiger partial charge in [0, 0.05) is 31.7 Å². The Labute approximate surface area is 182 Å². The Morgan fingerprint density at radius 2 is 1.77 bits per heavy atom. The molecule has 9 heteroatoms. The van der Waals surface area contributed by atoms with Crippen molar-refractivity contribution in [1.82, 2.24) is 10.2 Å². The maximum Gasteiger partial charge on any atom is 0.409 e. The molecule has 0 bridgehead atoms. The van der Waals surface area contributed by atoms with Crippen LogP contribution in [-0.4, -0.2) is 58.1 Å². The molecule has 8 nitrogen and oxygen atoms in total. The van der Waals surface area contributed by atoms with E-state index in [4.69, 9.17) is 4.74 Å². The lowest BCUT2D eigenvalue weighted by atomic mass is 10.0. The Bertz CT molecular complexity index is 1020. The van der Waals surface area contributed by atoms with E-state index in [-0.39, 0.29) is 28.5 Å². The average molecular weight is 446 g/mol. The van der Waals surface area contributed by atoms with Gasteiger partial charge in [-0.15, -0.1) is 0 Å². The SMILES string of the molecule is CCOC(=O)N1CCC(NC(=O)c2cccc(S(=O)(=O)N(C)c3ccccc3)c2)CC1. The number of rotatable bonds is 6. The Balaban J connectivity index is 1.66. The Hall–Kier alpha value is -3.07. The van der Waals surface area contributed by atoms with E-state index in [1.165, 1.54) is 23.5 Å². The number of carbonyl (C=O) groups is 2. The molecule has 2 aromatic carbocycles. The Kier molecular flexibility index (Phi) is 7.17. The van der Waals surface area contributed by atoms with Crippen molar-refractivity contribution in [3.8, 4) is 0 Å². The molecule has 1 heterocycles. The van der Waals surface area contributed by atoms with Crippen molar-refractivity contribution in [1.29, 1.82) is 0 Å². The van der Waals surface area contributed by atoms with E-state index in [1.54, 1.807) is 48.2 Å². The van der Waals surface area contributed by atoms with Gasteiger partial charge >= 0.3 is 6.09 Å². The average Bonchev–Trinajstić information content (AvgIpc) is 2.79. The number of nitrogens with one attached hydrogen (secondary N) is 1. The highest BCUT2D eigenvalue weighted by Crippen LogP contribution is 2.22. The normalized spacial score (nSPS) is 14.7. The summed E-state index contributed by atoms with van der Waals surface area (Å²) >= 11 is 0. The first kappa shape index (κ1) is 22.6. The van der Waals surface area contributed by atoms with Gasteiger partial charge in [-0.3, -0.25) is 9.10 Å². The number of ether oxygens (including phenoxy) is 1. The van der Waals surface area contributed by atoms with Crippen LogP contribution in [0.25, 0.3) is 0 Å². The number of nitrogens with zero attached hydrogens (tertiary/aromatic N) is 2. The molecule has 0 atom stereocenters. The number of para-hydroxylation sites is 1. The highest BCUT2D eigenvalue weighted by molar-refractivity contribution is 7.92. The van der Waals surface area contributed by atoms with Crippen molar-refractivity contribution < 1.29 is 22.7 Å². The van der Waals surface area contributed by atoms with Crippen molar-refractivity contribution >= 4 is 27.7 Å². The zero-order valence-corrected chi connectivity index (χ0v) is 18.5. The van der Waals surface area contributed by atoms with Crippen LogP contribution in [0.2, 0.25) is 0 Å². The molecule has 3 rings (SSSR count). The second-order valence-corrected chi connectivity index (χ2v) is 9.24. The minimum absolute atomic E-state index is 0.0450. The molecule has 0 spiro atoms. The Morgan fingerprint density at radius 1 is 1.10 bits per heavy atom. The van der Waals surface area contributed by atoms with Crippen LogP contribution in [0.1, 0.15) is 30.1 Å². The number of hydrogen-bond donors (Lipinski definition) is 1. The molecule has 0 aromatic heterocycles. The summed E-state index contributed by atoms with van der Waals surface area (Å²) in [4.78, 5) is 26.2. The van der Waals surface area contributed by atoms with Crippen LogP contribution in [0, 0.1) is 0 Å². The van der Waals surface area contributed by atoms with Crippen molar-refractivity contribution in [3.63, 3.8) is 0 Å². The largest absolute Gasteiger partial charge is 0.450 e. The van der Waals surface area contributed by atoms with Gasteiger partial charge in [0.1, 0.15) is 0 Å². The summed E-state index contributed by atoms with van der Waals surface area (Å²) in [5.74, 6) is -0.339. The van der Waals surface area contributed by atoms with Crippen LogP contribution in [-0.2, 0) is 14.8 Å². The number of sulfonamides is 1. The minimum atomic E-state index is -3.81. The summed E-state index contributed by atoms with van der Waals surface area (Å²) in [5, 5.41) is 2.94. The molecule has 0 saturated carbocycles. The van der Waals surface area contributed by atoms with Crippen LogP contribution >= 0.6 is 0 Å². The van der Waals surface area contributed by atoms with E-state index >= 15 is 0 Å². The topological polar surface area (TPSA) is 96.0 Å². The maximum absolute atomic E-state index is 13.0. The fourth-order valence-corrected chi connectivity index (χ4v) is 4.66. The maximum atomic E-state index is 13.0. The van der Waals surface area contributed by atoms with Crippen LogP contribution in [0.5, 0.6) is 0 Å². The first-order valence-corrected chi connectivity index (χ1v) is 11.6. The molecule has 0 aliphatic carbocycles. The van der Waals surface area contributed by atoms with Crippen LogP contribution < -0.4 is 9.62 Å². The quantitative estimate of drug-likeness (QED) is 0.738. The highest BCUT2D eigenvalue weighted by atomic mass is 32.2. The lowest BCUT2D eigenvalue weighted by Gasteiger charge is -2.31. The third-order valence-corrected chi connectivity index (χ3v) is 7.01. The summed E-state index contributed by atoms with van der Waals surface area (Å²) in [6.07, 6.45) is 0.881. The van der Waals surface area contributed by atoms with E-state index < -0.39 is 10.0 Å². The van der Waals surface area contributed by atoms with E-state index in [2.05, 4.69) is 5.32 Å². The molecule has 1 N–H and O–H groups in total. The number of carbonyl (C=O) groups excluding carboxylic acids is 2. The van der Waals surface area contributed by atoms with Gasteiger partial charge in [-0.1, -0.05) is 24.3 Å². The summed E-state index contributed by atoms with van der Waals surface area (Å²) in [6.45, 7) is 3.09. The molecule has 1 aliphatic rings. The fourth-order valence-electron chi connectivity index (χ4n) is 3.42. The number of piperidine rings is 1. The van der Waals surface area contributed by atoms with E-state index in [0.717, 1.165) is 0 Å². The van der Waals surface area contributed by atoms with Gasteiger partial charge in [-0.2, -0.15) is 0 Å². The summed E-state index contributed by atoms with van der Waals surface area (Å²) < 4.78 is 32.2. The molecule has 1 saturated heterocycles. The molecule has 0 unspecified atom stereocenters. The molecule has 1 fully saturated rings. The minimum Gasteiger partial charge on any atom is -0.450 e. The molecule has 1 aliphatic heterocycles. The molecular formula is C22H27N3O5S. The predicted molar refractivity (Wildman–Crippen MR) is 118 cm³/mol. The lowest BCUT2D eigenvalue weighted by Crippen LogP contribution is -2.46. The van der Waals surface area contributed by atoms with Crippen LogP contribution in [0.4, 0.5) is 10.5 Å². The van der Waals surface area contributed by atoms with Crippen molar-refractivity contribution in [2.75, 3.05) is 31.0 Å². The van der Waals surface area contributed by atoms with Gasteiger partial charge in [0.05, 0.1) is 17.2 Å². The van der Waals surface area contributed by atoms with Crippen LogP contribution in [0.15, 0.2) is 59.5 Å². The molecule has 166 valence electrons. The summed E-state index contributed by atoms with van der Waals surface area (Å²) in [7, 11) is -2.33. The standard InChI is InChI=1S/C22H27N3O5S/c1-3-30-22(27)25-14-12-18(13-15-25)23-21(26)17-8-7-11-20(16-17)31(28,29)24(2)19-9-5-4-6-10-19/h4-11,16,18H,3,12-15H2,1-2H3,(H,23,26). The highest BCUT2D eigenvalue weighted by Gasteiger charge is 2.26. The first-order chi connectivity index (χ1) is 14.8. The van der Waals surface area contributed by atoms with Gasteiger partial charge in [0.15, 0.2) is 0 Å². The summed E-state index contributed by atoms with van der Waals surface area (Å²) in [6, 6.07) is 14.7. The van der Waals surface area contributed by atoms with Gasteiger partial charge < -0.3 is 15.0 Å². The Morgan fingerprint density at radius 3 is 2.42 bits per heavy atom. The number of hydrogen-bond acceptors (Lipinski definition) is 5. The van der Waals surface area contributed by atoms with Gasteiger partial charge in [0.2, 0.25) is 0 Å². The molecule has 0 radical (unpaired) electrons. The van der Waals surface area contributed by atoms with E-state index in [9.17, 15) is 18.0 Å². The zero-order chi connectivity index (χ0) is 22.4. The van der Waals surface area contributed by atoms with Gasteiger partial charge in [-0.05, 0) is 50.1 Å². The molecule has 2 aromatic rings. The lowest BCUT2D eigenvalue weighted by molar-refractivity contribution is 0.0860. The molecule has 31 heavy (non-hydrogen) atoms. The number of likely N-dealkylation sites (tertiary alicyclic amines) is 1. The third kappa shape index (κ3) is 5.35. The van der Waals surface area contributed by atoms with E-state index in [1.807, 2.05) is 6.07 Å². The molecular weight excluding hydrogens is 418 g/mol. The summed E-state index contributed by atoms with van der Waals surface area (Å²) in [5.41, 5.74) is 0.807. The van der Waals surface area contributed by atoms with Gasteiger partial charge in [-0.25, -0.2) is 13.2 Å². The van der Waals surface area contributed by atoms with Crippen molar-refractivity contribution in [3.05, 3.63) is 60.2 Å². The monoisotopic (exact) mass is 445 g/mol. The second kappa shape index (κ2) is 9.82. The second-order valence-electron chi connectivity index (χ2n) is 7.27. The third-order valence-electron chi connectivity index (χ3n) is 5.23. The number of amides is 2.